The van der Waals surface area contributed by atoms with Gasteiger partial charge >= 0.3 is 0 Å². The van der Waals surface area contributed by atoms with E-state index in [-0.39, 0.29) is 11.5 Å². The molecule has 6 heteroatoms. The van der Waals surface area contributed by atoms with Crippen molar-refractivity contribution in [3.63, 3.8) is 0 Å². The molecule has 0 unspecified atom stereocenters. The molecule has 1 saturated heterocycles. The Morgan fingerprint density at radius 1 is 0.925 bits per heavy atom. The molecule has 5 aliphatic rings. The molecule has 0 bridgehead atoms. The second kappa shape index (κ2) is 11.6. The van der Waals surface area contributed by atoms with Gasteiger partial charge in [0.2, 0.25) is 0 Å². The van der Waals surface area contributed by atoms with E-state index in [0.29, 0.717) is 35.0 Å². The van der Waals surface area contributed by atoms with Crippen LogP contribution in [0.5, 0.6) is 0 Å². The topological polar surface area (TPSA) is 99.4 Å². The van der Waals surface area contributed by atoms with E-state index in [0.717, 1.165) is 25.2 Å². The average Bonchev–Trinajstić information content (AvgIpc) is 3.29. The number of ether oxygens (including phenoxy) is 2. The van der Waals surface area contributed by atoms with Crippen molar-refractivity contribution in [1.29, 1.82) is 0 Å². The summed E-state index contributed by atoms with van der Waals surface area (Å²) in [6.07, 6.45) is 11.3. The fourth-order valence-electron chi connectivity index (χ4n) is 9.07. The summed E-state index contributed by atoms with van der Waals surface area (Å²) in [6, 6.07) is 0. The fraction of sp³-hybridized carbons (Fsp3) is 0.824. The monoisotopic (exact) mass is 558 g/mol. The van der Waals surface area contributed by atoms with Gasteiger partial charge in [-0.3, -0.25) is 0 Å². The normalized spacial score (nSPS) is 46.8. The van der Waals surface area contributed by atoms with Crippen LogP contribution in [0.15, 0.2) is 35.5 Å². The number of allylic oxidation sites excluding steroid dienone is 5. The predicted octanol–water partition coefficient (Wildman–Crippen LogP) is 5.16. The molecule has 4 N–H and O–H groups in total. The average molecular weight is 559 g/mol. The van der Waals surface area contributed by atoms with Crippen LogP contribution in [-0.4, -0.2) is 63.8 Å². The molecule has 0 aromatic carbocycles. The maximum absolute atomic E-state index is 10.5. The van der Waals surface area contributed by atoms with E-state index in [9.17, 15) is 20.4 Å². The first-order valence-corrected chi connectivity index (χ1v) is 16.0. The predicted molar refractivity (Wildman–Crippen MR) is 156 cm³/mol. The van der Waals surface area contributed by atoms with Crippen molar-refractivity contribution in [1.82, 2.24) is 0 Å². The Labute approximate surface area is 241 Å². The van der Waals surface area contributed by atoms with Crippen molar-refractivity contribution in [2.75, 3.05) is 6.61 Å². The maximum Gasteiger partial charge on any atom is 0.186 e. The number of hydrogen-bond donors (Lipinski definition) is 4. The lowest BCUT2D eigenvalue weighted by Gasteiger charge is -2.55. The van der Waals surface area contributed by atoms with Crippen LogP contribution < -0.4 is 0 Å². The highest BCUT2D eigenvalue weighted by Gasteiger charge is 2.57. The minimum Gasteiger partial charge on any atom is -0.394 e. The third-order valence-electron chi connectivity index (χ3n) is 12.2. The summed E-state index contributed by atoms with van der Waals surface area (Å²) >= 11 is 0. The van der Waals surface area contributed by atoms with Gasteiger partial charge in [-0.05, 0) is 91.3 Å². The fourth-order valence-corrected chi connectivity index (χ4v) is 9.07. The molecule has 0 amide bonds. The van der Waals surface area contributed by atoms with Crippen LogP contribution in [0.4, 0.5) is 0 Å². The molecule has 0 spiro atoms. The Morgan fingerprint density at radius 2 is 1.68 bits per heavy atom. The zero-order chi connectivity index (χ0) is 29.0. The number of hydrogen-bond acceptors (Lipinski definition) is 6. The van der Waals surface area contributed by atoms with Gasteiger partial charge in [0.05, 0.1) is 12.7 Å². The standard InChI is InChI=1S/C34H54O6/c1-19(2)20(3)7-8-21(4)25-11-12-26-24-10-9-22-17-23(13-15-33(22,5)27(24)14-16-34(25,26)6)39-32-31(38)30(37)29(36)28(18-35)40-32/h7-10,19-21,23,25-32,35-38H,11-18H2,1-6H3/b8-7+/t20-,21+,23-,25+,26-,27-,28+,29-,30-,31+,32+,33-,34+/m0/s1. The summed E-state index contributed by atoms with van der Waals surface area (Å²) in [5.74, 6) is 3.87. The summed E-state index contributed by atoms with van der Waals surface area (Å²) < 4.78 is 11.8. The molecule has 1 aliphatic heterocycles. The van der Waals surface area contributed by atoms with E-state index in [2.05, 4.69) is 65.8 Å². The molecule has 5 rings (SSSR count). The highest BCUT2D eigenvalue weighted by atomic mass is 16.7. The SMILES string of the molecule is CC(C)[C@@H](C)/C=C/[C@@H](C)[C@H]1CC[C@H]2C3=CC=C4C[C@@H](O[C@@H]5O[C@H](CO)[C@H](O)[C@H](O)[C@H]5O)CC[C@]4(C)[C@H]3CC[C@]12C. The molecular formula is C34H54O6. The minimum absolute atomic E-state index is 0.122. The molecule has 0 radical (unpaired) electrons. The Balaban J connectivity index is 1.29. The smallest absolute Gasteiger partial charge is 0.186 e. The Morgan fingerprint density at radius 3 is 2.38 bits per heavy atom. The lowest BCUT2D eigenvalue weighted by atomic mass is 9.50. The van der Waals surface area contributed by atoms with Gasteiger partial charge < -0.3 is 29.9 Å². The zero-order valence-electron chi connectivity index (χ0n) is 25.5. The van der Waals surface area contributed by atoms with E-state index >= 15 is 0 Å². The first-order chi connectivity index (χ1) is 18.9. The molecule has 4 aliphatic carbocycles. The lowest BCUT2D eigenvalue weighted by molar-refractivity contribution is -0.312. The number of aliphatic hydroxyl groups is 4. The summed E-state index contributed by atoms with van der Waals surface area (Å²) in [5, 5.41) is 40.3. The number of rotatable bonds is 7. The highest BCUT2D eigenvalue weighted by molar-refractivity contribution is 5.39. The molecule has 4 fully saturated rings. The van der Waals surface area contributed by atoms with Gasteiger partial charge in [0, 0.05) is 0 Å². The molecule has 6 nitrogen and oxygen atoms in total. The van der Waals surface area contributed by atoms with Crippen molar-refractivity contribution in [2.24, 2.45) is 46.3 Å². The Hall–Kier alpha value is -1.02. The van der Waals surface area contributed by atoms with Gasteiger partial charge in [-0.15, -0.1) is 0 Å². The highest BCUT2D eigenvalue weighted by Crippen LogP contribution is 2.66. The van der Waals surface area contributed by atoms with Crippen LogP contribution in [0.25, 0.3) is 0 Å². The maximum atomic E-state index is 10.5. The molecule has 0 aromatic heterocycles. The molecule has 0 aromatic rings. The van der Waals surface area contributed by atoms with Crippen LogP contribution in [0.1, 0.15) is 86.5 Å². The summed E-state index contributed by atoms with van der Waals surface area (Å²) in [6.45, 7) is 14.0. The molecule has 3 saturated carbocycles. The first-order valence-electron chi connectivity index (χ1n) is 16.0. The van der Waals surface area contributed by atoms with Crippen LogP contribution in [0.2, 0.25) is 0 Å². The van der Waals surface area contributed by atoms with E-state index in [1.54, 1.807) is 5.57 Å². The summed E-state index contributed by atoms with van der Waals surface area (Å²) in [4.78, 5) is 0. The van der Waals surface area contributed by atoms with Crippen molar-refractivity contribution in [2.45, 2.75) is 123 Å². The van der Waals surface area contributed by atoms with E-state index < -0.39 is 37.3 Å². The van der Waals surface area contributed by atoms with Crippen LogP contribution >= 0.6 is 0 Å². The van der Waals surface area contributed by atoms with Crippen molar-refractivity contribution >= 4 is 0 Å². The van der Waals surface area contributed by atoms with E-state index in [1.165, 1.54) is 31.3 Å². The van der Waals surface area contributed by atoms with Crippen molar-refractivity contribution in [3.8, 4) is 0 Å². The number of fused-ring (bicyclic) bond motifs is 5. The molecule has 1 heterocycles. The van der Waals surface area contributed by atoms with Crippen LogP contribution in [-0.2, 0) is 9.47 Å². The van der Waals surface area contributed by atoms with Crippen LogP contribution in [0.3, 0.4) is 0 Å². The van der Waals surface area contributed by atoms with Gasteiger partial charge in [0.1, 0.15) is 24.4 Å². The van der Waals surface area contributed by atoms with Gasteiger partial charge in [-0.25, -0.2) is 0 Å². The van der Waals surface area contributed by atoms with E-state index in [1.807, 2.05) is 0 Å². The molecular weight excluding hydrogens is 504 g/mol. The Kier molecular flexibility index (Phi) is 8.81. The third kappa shape index (κ3) is 5.20. The van der Waals surface area contributed by atoms with E-state index in [4.69, 9.17) is 9.47 Å². The molecule has 226 valence electrons. The van der Waals surface area contributed by atoms with Gasteiger partial charge in [-0.1, -0.05) is 77.0 Å². The zero-order valence-corrected chi connectivity index (χ0v) is 25.5. The number of aliphatic hydroxyl groups excluding tert-OH is 4. The second-order valence-corrected chi connectivity index (χ2v) is 14.7. The summed E-state index contributed by atoms with van der Waals surface area (Å²) in [7, 11) is 0. The van der Waals surface area contributed by atoms with Gasteiger partial charge in [0.25, 0.3) is 0 Å². The van der Waals surface area contributed by atoms with Crippen molar-refractivity contribution < 1.29 is 29.9 Å². The largest absolute Gasteiger partial charge is 0.394 e. The van der Waals surface area contributed by atoms with Gasteiger partial charge in [-0.2, -0.15) is 0 Å². The lowest BCUT2D eigenvalue weighted by Crippen LogP contribution is -2.60. The van der Waals surface area contributed by atoms with Gasteiger partial charge in [0.15, 0.2) is 6.29 Å². The third-order valence-corrected chi connectivity index (χ3v) is 12.2. The quantitative estimate of drug-likeness (QED) is 0.323. The first kappa shape index (κ1) is 30.4. The Bertz CT molecular complexity index is 1000. The molecule has 40 heavy (non-hydrogen) atoms. The van der Waals surface area contributed by atoms with Crippen LogP contribution in [0, 0.1) is 46.3 Å². The minimum atomic E-state index is -1.41. The van der Waals surface area contributed by atoms with Crippen molar-refractivity contribution in [3.05, 3.63) is 35.5 Å². The molecule has 13 atom stereocenters. The summed E-state index contributed by atoms with van der Waals surface area (Å²) in [5.41, 5.74) is 3.58. The second-order valence-electron chi connectivity index (χ2n) is 14.7.